The fourth-order valence-corrected chi connectivity index (χ4v) is 1.58. The summed E-state index contributed by atoms with van der Waals surface area (Å²) in [6, 6.07) is 6.16. The van der Waals surface area contributed by atoms with E-state index >= 15 is 0 Å². The molecule has 0 saturated heterocycles. The fourth-order valence-electron chi connectivity index (χ4n) is 1.58. The average molecular weight is 212 g/mol. The molecule has 1 N–H and O–H groups in total. The number of ether oxygens (including phenoxy) is 1. The molecular weight excluding hydrogens is 195 g/mol. The SMILES string of the molecule is CC(C)OC(C)(O)Cc1cccc(F)c1. The summed E-state index contributed by atoms with van der Waals surface area (Å²) in [5.74, 6) is -1.55. The molecule has 0 aliphatic carbocycles. The molecule has 2 nitrogen and oxygen atoms in total. The van der Waals surface area contributed by atoms with Crippen LogP contribution in [-0.2, 0) is 11.2 Å². The molecule has 0 aromatic heterocycles. The number of hydrogen-bond donors (Lipinski definition) is 1. The molecule has 1 aromatic carbocycles. The van der Waals surface area contributed by atoms with Crippen molar-refractivity contribution < 1.29 is 14.2 Å². The van der Waals surface area contributed by atoms with Gasteiger partial charge in [-0.3, -0.25) is 0 Å². The van der Waals surface area contributed by atoms with Crippen LogP contribution < -0.4 is 0 Å². The first kappa shape index (κ1) is 12.1. The number of benzene rings is 1. The summed E-state index contributed by atoms with van der Waals surface area (Å²) in [4.78, 5) is 0. The van der Waals surface area contributed by atoms with Crippen molar-refractivity contribution in [2.75, 3.05) is 0 Å². The lowest BCUT2D eigenvalue weighted by Gasteiger charge is -2.26. The van der Waals surface area contributed by atoms with Gasteiger partial charge in [0.15, 0.2) is 5.79 Å². The van der Waals surface area contributed by atoms with Crippen LogP contribution in [0.1, 0.15) is 26.3 Å². The molecule has 0 spiro atoms. The van der Waals surface area contributed by atoms with E-state index in [-0.39, 0.29) is 18.3 Å². The first-order chi connectivity index (χ1) is 6.89. The van der Waals surface area contributed by atoms with E-state index in [9.17, 15) is 9.50 Å². The van der Waals surface area contributed by atoms with Crippen molar-refractivity contribution in [1.29, 1.82) is 0 Å². The maximum atomic E-state index is 12.9. The third kappa shape index (κ3) is 4.40. The Morgan fingerprint density at radius 2 is 2.13 bits per heavy atom. The predicted molar refractivity (Wildman–Crippen MR) is 56.9 cm³/mol. The second-order valence-corrected chi connectivity index (χ2v) is 4.15. The van der Waals surface area contributed by atoms with Crippen LogP contribution in [0.4, 0.5) is 4.39 Å². The molecular formula is C12H17FO2. The molecule has 1 aromatic rings. The molecule has 0 radical (unpaired) electrons. The number of halogens is 1. The monoisotopic (exact) mass is 212 g/mol. The molecule has 0 bridgehead atoms. The molecule has 15 heavy (non-hydrogen) atoms. The highest BCUT2D eigenvalue weighted by atomic mass is 19.1. The molecule has 84 valence electrons. The lowest BCUT2D eigenvalue weighted by molar-refractivity contribution is -0.209. The summed E-state index contributed by atoms with van der Waals surface area (Å²) in [6.07, 6.45) is 0.219. The smallest absolute Gasteiger partial charge is 0.166 e. The third-order valence-electron chi connectivity index (χ3n) is 1.91. The summed E-state index contributed by atoms with van der Waals surface area (Å²) in [7, 11) is 0. The van der Waals surface area contributed by atoms with Gasteiger partial charge >= 0.3 is 0 Å². The van der Waals surface area contributed by atoms with Gasteiger partial charge in [0.1, 0.15) is 5.82 Å². The molecule has 1 atom stereocenters. The molecule has 0 saturated carbocycles. The minimum atomic E-state index is -1.25. The van der Waals surface area contributed by atoms with Gasteiger partial charge in [0.2, 0.25) is 0 Å². The van der Waals surface area contributed by atoms with Crippen LogP contribution in [0, 0.1) is 5.82 Å². The van der Waals surface area contributed by atoms with Gasteiger partial charge in [-0.05, 0) is 38.5 Å². The average Bonchev–Trinajstić information content (AvgIpc) is 1.99. The zero-order chi connectivity index (χ0) is 11.5. The van der Waals surface area contributed by atoms with E-state index in [2.05, 4.69) is 0 Å². The minimum absolute atomic E-state index is 0.0615. The van der Waals surface area contributed by atoms with Crippen molar-refractivity contribution in [3.63, 3.8) is 0 Å². The minimum Gasteiger partial charge on any atom is -0.365 e. The predicted octanol–water partition coefficient (Wildman–Crippen LogP) is 2.50. The van der Waals surface area contributed by atoms with E-state index in [1.165, 1.54) is 12.1 Å². The van der Waals surface area contributed by atoms with Gasteiger partial charge in [0.05, 0.1) is 6.10 Å². The quantitative estimate of drug-likeness (QED) is 0.777. The Kier molecular flexibility index (Phi) is 3.83. The van der Waals surface area contributed by atoms with Crippen LogP contribution in [0.15, 0.2) is 24.3 Å². The van der Waals surface area contributed by atoms with Gasteiger partial charge in [0, 0.05) is 6.42 Å². The Balaban J connectivity index is 2.68. The van der Waals surface area contributed by atoms with Gasteiger partial charge in [-0.1, -0.05) is 12.1 Å². The largest absolute Gasteiger partial charge is 0.365 e. The lowest BCUT2D eigenvalue weighted by Crippen LogP contribution is -2.33. The topological polar surface area (TPSA) is 29.5 Å². The van der Waals surface area contributed by atoms with Gasteiger partial charge < -0.3 is 9.84 Å². The highest BCUT2D eigenvalue weighted by Crippen LogP contribution is 2.17. The van der Waals surface area contributed by atoms with Gasteiger partial charge in [-0.2, -0.15) is 0 Å². The van der Waals surface area contributed by atoms with Crippen molar-refractivity contribution in [3.8, 4) is 0 Å². The maximum absolute atomic E-state index is 12.9. The van der Waals surface area contributed by atoms with Crippen molar-refractivity contribution in [2.24, 2.45) is 0 Å². The molecule has 0 aliphatic rings. The van der Waals surface area contributed by atoms with Crippen molar-refractivity contribution in [2.45, 2.75) is 39.1 Å². The number of aliphatic hydroxyl groups is 1. The van der Waals surface area contributed by atoms with Crippen LogP contribution in [-0.4, -0.2) is 17.0 Å². The Bertz CT molecular complexity index is 321. The van der Waals surface area contributed by atoms with E-state index in [0.717, 1.165) is 5.56 Å². The summed E-state index contributed by atoms with van der Waals surface area (Å²) in [5, 5.41) is 9.88. The van der Waals surface area contributed by atoms with Crippen LogP contribution >= 0.6 is 0 Å². The van der Waals surface area contributed by atoms with Crippen molar-refractivity contribution >= 4 is 0 Å². The molecule has 0 aliphatic heterocycles. The van der Waals surface area contributed by atoms with E-state index in [4.69, 9.17) is 4.74 Å². The second-order valence-electron chi connectivity index (χ2n) is 4.15. The molecule has 0 amide bonds. The summed E-state index contributed by atoms with van der Waals surface area (Å²) < 4.78 is 18.2. The summed E-state index contributed by atoms with van der Waals surface area (Å²) in [6.45, 7) is 5.28. The normalized spacial score (nSPS) is 15.3. The van der Waals surface area contributed by atoms with Crippen LogP contribution in [0.5, 0.6) is 0 Å². The summed E-state index contributed by atoms with van der Waals surface area (Å²) in [5.41, 5.74) is 0.723. The Morgan fingerprint density at radius 3 is 2.67 bits per heavy atom. The fraction of sp³-hybridized carbons (Fsp3) is 0.500. The second kappa shape index (κ2) is 4.73. The molecule has 3 heteroatoms. The highest BCUT2D eigenvalue weighted by Gasteiger charge is 2.23. The van der Waals surface area contributed by atoms with E-state index in [1.807, 2.05) is 13.8 Å². The third-order valence-corrected chi connectivity index (χ3v) is 1.91. The standard InChI is InChI=1S/C12H17FO2/c1-9(2)15-12(3,14)8-10-5-4-6-11(13)7-10/h4-7,9,14H,8H2,1-3H3. The first-order valence-electron chi connectivity index (χ1n) is 5.04. The van der Waals surface area contributed by atoms with E-state index in [0.29, 0.717) is 0 Å². The first-order valence-corrected chi connectivity index (χ1v) is 5.04. The summed E-state index contributed by atoms with van der Waals surface area (Å²) >= 11 is 0. The zero-order valence-corrected chi connectivity index (χ0v) is 9.33. The number of rotatable bonds is 4. The van der Waals surface area contributed by atoms with Crippen LogP contribution in [0.2, 0.25) is 0 Å². The molecule has 0 fully saturated rings. The zero-order valence-electron chi connectivity index (χ0n) is 9.33. The molecule has 1 unspecified atom stereocenters. The van der Waals surface area contributed by atoms with Gasteiger partial charge in [-0.15, -0.1) is 0 Å². The van der Waals surface area contributed by atoms with Crippen molar-refractivity contribution in [3.05, 3.63) is 35.6 Å². The lowest BCUT2D eigenvalue weighted by atomic mass is 10.1. The Labute approximate surface area is 89.7 Å². The molecule has 1 rings (SSSR count). The van der Waals surface area contributed by atoms with Gasteiger partial charge in [-0.25, -0.2) is 4.39 Å². The molecule has 0 heterocycles. The maximum Gasteiger partial charge on any atom is 0.166 e. The van der Waals surface area contributed by atoms with Crippen molar-refractivity contribution in [1.82, 2.24) is 0 Å². The Morgan fingerprint density at radius 1 is 1.47 bits per heavy atom. The van der Waals surface area contributed by atoms with Crippen LogP contribution in [0.25, 0.3) is 0 Å². The Hall–Kier alpha value is -0.930. The van der Waals surface area contributed by atoms with E-state index in [1.54, 1.807) is 19.1 Å². The van der Waals surface area contributed by atoms with Gasteiger partial charge in [0.25, 0.3) is 0 Å². The van der Waals surface area contributed by atoms with Crippen LogP contribution in [0.3, 0.4) is 0 Å². The van der Waals surface area contributed by atoms with E-state index < -0.39 is 5.79 Å². The highest BCUT2D eigenvalue weighted by molar-refractivity contribution is 5.17. The number of hydrogen-bond acceptors (Lipinski definition) is 2.